The molecule has 7 aromatic rings. The van der Waals surface area contributed by atoms with Crippen LogP contribution in [-0.4, -0.2) is 118 Å². The van der Waals surface area contributed by atoms with Crippen molar-refractivity contribution in [2.75, 3.05) is 61.3 Å². The molecule has 84 heavy (non-hydrogen) atoms. The minimum atomic E-state index is -1.90. The van der Waals surface area contributed by atoms with E-state index in [1.165, 1.54) is 0 Å². The molecule has 0 saturated carbocycles. The number of imide groups is 1. The van der Waals surface area contributed by atoms with Gasteiger partial charge in [-0.05, 0) is 122 Å². The van der Waals surface area contributed by atoms with E-state index in [2.05, 4.69) is 38.4 Å². The van der Waals surface area contributed by atoms with Crippen LogP contribution in [0.5, 0.6) is 23.0 Å². The van der Waals surface area contributed by atoms with Crippen LogP contribution in [0.15, 0.2) is 182 Å². The van der Waals surface area contributed by atoms with Gasteiger partial charge < -0.3 is 42.4 Å². The Morgan fingerprint density at radius 3 is 1.33 bits per heavy atom. The molecule has 16 heteroatoms. The lowest BCUT2D eigenvalue weighted by molar-refractivity contribution is -0.135. The molecule has 436 valence electrons. The lowest BCUT2D eigenvalue weighted by Crippen LogP contribution is -2.47. The molecule has 0 N–H and O–H groups in total. The van der Waals surface area contributed by atoms with Crippen LogP contribution in [-0.2, 0) is 34.5 Å². The van der Waals surface area contributed by atoms with Crippen LogP contribution in [0.4, 0.5) is 0 Å². The molecule has 0 bridgehead atoms. The Morgan fingerprint density at radius 1 is 0.571 bits per heavy atom. The highest BCUT2D eigenvalue weighted by Crippen LogP contribution is 2.51. The minimum Gasteiger partial charge on any atom is -0.497 e. The van der Waals surface area contributed by atoms with E-state index < -0.39 is 49.6 Å². The van der Waals surface area contributed by atoms with Crippen molar-refractivity contribution in [3.8, 4) is 29.1 Å². The number of benzene rings is 7. The largest absolute Gasteiger partial charge is 0.497 e. The van der Waals surface area contributed by atoms with Crippen LogP contribution < -0.4 is 18.9 Å². The van der Waals surface area contributed by atoms with E-state index in [0.29, 0.717) is 34.1 Å². The van der Waals surface area contributed by atoms with Gasteiger partial charge in [0.05, 0.1) is 84.0 Å². The number of fused-ring (bicyclic) bond motifs is 1. The minimum absolute atomic E-state index is 0.0258. The zero-order chi connectivity index (χ0) is 59.4. The van der Waals surface area contributed by atoms with E-state index in [0.717, 1.165) is 38.3 Å². The average molecular weight is 1150 g/mol. The van der Waals surface area contributed by atoms with Crippen LogP contribution in [0, 0.1) is 17.2 Å². The van der Waals surface area contributed by atoms with Gasteiger partial charge in [0, 0.05) is 37.5 Å². The summed E-state index contributed by atoms with van der Waals surface area (Å²) in [6.45, 7) is 8.17. The highest BCUT2D eigenvalue weighted by atomic mass is 31.2. The lowest BCUT2D eigenvalue weighted by atomic mass is 9.79. The van der Waals surface area contributed by atoms with Gasteiger partial charge in [-0.1, -0.05) is 121 Å². The van der Waals surface area contributed by atoms with Crippen molar-refractivity contribution < 1.29 is 51.9 Å². The zero-order valence-electron chi connectivity index (χ0n) is 48.9. The SMILES string of the molecule is COc1ccc(C(OCC2[C@@H](OP(OCCC#N)N(C(C)C)C(C)C)CN(C(=O)CCN3C(=O)c4ccccc4C3=O)[C@@H]2COC(c2ccccc2)(c2ccc(OC)cc2)c2ccc(OC)cc2)(c2ccccc2)c2ccc(OC)cc2)cc1. The Balaban J connectivity index is 1.24. The molecular formula is C68H73N4O11P. The molecule has 3 amide bonds. The van der Waals surface area contributed by atoms with Gasteiger partial charge in [-0.3, -0.25) is 19.3 Å². The van der Waals surface area contributed by atoms with Crippen molar-refractivity contribution in [3.05, 3.63) is 226 Å². The van der Waals surface area contributed by atoms with Crippen LogP contribution in [0.3, 0.4) is 0 Å². The van der Waals surface area contributed by atoms with E-state index >= 15 is 4.79 Å². The first-order valence-corrected chi connectivity index (χ1v) is 29.4. The maximum absolute atomic E-state index is 15.7. The van der Waals surface area contributed by atoms with E-state index in [4.69, 9.17) is 37.5 Å². The molecule has 4 atom stereocenters. The van der Waals surface area contributed by atoms with E-state index in [9.17, 15) is 14.9 Å². The number of amides is 3. The Bertz CT molecular complexity index is 3200. The van der Waals surface area contributed by atoms with Gasteiger partial charge in [0.2, 0.25) is 5.91 Å². The van der Waals surface area contributed by atoms with Crippen molar-refractivity contribution in [2.24, 2.45) is 5.92 Å². The molecular weight excluding hydrogens is 1080 g/mol. The van der Waals surface area contributed by atoms with Crippen molar-refractivity contribution in [1.29, 1.82) is 5.26 Å². The monoisotopic (exact) mass is 1150 g/mol. The number of carbonyl (C=O) groups excluding carboxylic acids is 3. The number of hydrogen-bond donors (Lipinski definition) is 0. The summed E-state index contributed by atoms with van der Waals surface area (Å²) in [5.41, 5.74) is 2.76. The van der Waals surface area contributed by atoms with Gasteiger partial charge in [0.1, 0.15) is 34.2 Å². The quantitative estimate of drug-likeness (QED) is 0.0207. The molecule has 0 aromatic heterocycles. The van der Waals surface area contributed by atoms with Crippen LogP contribution >= 0.6 is 8.53 Å². The third-order valence-corrected chi connectivity index (χ3v) is 17.8. The molecule has 2 aliphatic heterocycles. The van der Waals surface area contributed by atoms with E-state index in [1.807, 2.05) is 158 Å². The highest BCUT2D eigenvalue weighted by Gasteiger charge is 2.51. The summed E-state index contributed by atoms with van der Waals surface area (Å²) in [4.78, 5) is 46.4. The van der Waals surface area contributed by atoms with Crippen molar-refractivity contribution in [3.63, 3.8) is 0 Å². The third-order valence-electron chi connectivity index (χ3n) is 15.7. The fourth-order valence-corrected chi connectivity index (χ4v) is 13.3. The molecule has 0 radical (unpaired) electrons. The fraction of sp³-hybridized carbons (Fsp3) is 0.324. The van der Waals surface area contributed by atoms with Crippen molar-refractivity contribution in [1.82, 2.24) is 14.5 Å². The molecule has 1 fully saturated rings. The lowest BCUT2D eigenvalue weighted by Gasteiger charge is -2.41. The van der Waals surface area contributed by atoms with Gasteiger partial charge in [0.15, 0.2) is 0 Å². The maximum atomic E-state index is 15.7. The van der Waals surface area contributed by atoms with Crippen LogP contribution in [0.25, 0.3) is 0 Å². The smallest absolute Gasteiger partial charge is 0.261 e. The molecule has 0 aliphatic carbocycles. The number of rotatable bonds is 27. The maximum Gasteiger partial charge on any atom is 0.261 e. The third kappa shape index (κ3) is 12.6. The van der Waals surface area contributed by atoms with Crippen LogP contribution in [0.1, 0.15) is 94.6 Å². The second kappa shape index (κ2) is 27.6. The second-order valence-electron chi connectivity index (χ2n) is 21.2. The number of carbonyl (C=O) groups is 3. The predicted octanol–water partition coefficient (Wildman–Crippen LogP) is 12.2. The summed E-state index contributed by atoms with van der Waals surface area (Å²) >= 11 is 0. The summed E-state index contributed by atoms with van der Waals surface area (Å²) in [6, 6.07) is 59.1. The van der Waals surface area contributed by atoms with Gasteiger partial charge in [0.25, 0.3) is 20.3 Å². The highest BCUT2D eigenvalue weighted by molar-refractivity contribution is 7.44. The normalized spacial score (nSPS) is 16.5. The standard InChI is InChI=1S/C68H73N4O11P/c1-47(2)72(48(3)4)84(82-43-17-41-69)83-63-44-71(64(73)40-42-70-65(74)59-22-15-16-23-60(59)66(70)75)62(46-81-68(50-20-13-10-14-21-50,53-28-36-57(78-7)37-29-53)54-30-38-58(79-8)39-31-54)61(63)45-80-67(49-18-11-9-12-19-49,51-24-32-55(76-5)33-25-51)52-26-34-56(77-6)35-27-52/h9-16,18-39,47-48,61-63H,17,40,42-46H2,1-8H3/t61?,62-,63+,84?/m1/s1. The first-order valence-electron chi connectivity index (χ1n) is 28.3. The molecule has 2 unspecified atom stereocenters. The summed E-state index contributed by atoms with van der Waals surface area (Å²) in [5.74, 6) is 0.688. The summed E-state index contributed by atoms with van der Waals surface area (Å²) in [7, 11) is 4.61. The molecule has 1 saturated heterocycles. The Labute approximate surface area is 494 Å². The second-order valence-corrected chi connectivity index (χ2v) is 22.6. The van der Waals surface area contributed by atoms with Gasteiger partial charge in [-0.2, -0.15) is 5.26 Å². The molecule has 0 spiro atoms. The summed E-state index contributed by atoms with van der Waals surface area (Å²) in [6.07, 6.45) is -0.862. The Hall–Kier alpha value is -7.93. The molecule has 2 heterocycles. The summed E-state index contributed by atoms with van der Waals surface area (Å²) < 4.78 is 54.6. The Kier molecular flexibility index (Phi) is 20.0. The molecule has 7 aromatic carbocycles. The van der Waals surface area contributed by atoms with E-state index in [-0.39, 0.29) is 63.7 Å². The average Bonchev–Trinajstić information content (AvgIpc) is 2.50. The number of nitrogens with zero attached hydrogens (tertiary/aromatic N) is 4. The predicted molar refractivity (Wildman–Crippen MR) is 322 cm³/mol. The zero-order valence-corrected chi connectivity index (χ0v) is 49.8. The van der Waals surface area contributed by atoms with Crippen molar-refractivity contribution >= 4 is 26.2 Å². The van der Waals surface area contributed by atoms with Crippen LogP contribution in [0.2, 0.25) is 0 Å². The molecule has 9 rings (SSSR count). The number of ether oxygens (including phenoxy) is 6. The topological polar surface area (TPSA) is 159 Å². The van der Waals surface area contributed by atoms with Crippen molar-refractivity contribution in [2.45, 2.75) is 76.0 Å². The van der Waals surface area contributed by atoms with Gasteiger partial charge in [-0.25, -0.2) is 4.67 Å². The first kappa shape index (κ1) is 60.7. The van der Waals surface area contributed by atoms with Gasteiger partial charge in [-0.15, -0.1) is 0 Å². The first-order chi connectivity index (χ1) is 40.8. The summed E-state index contributed by atoms with van der Waals surface area (Å²) in [5, 5.41) is 9.79. The number of hydrogen-bond acceptors (Lipinski definition) is 13. The fourth-order valence-electron chi connectivity index (χ4n) is 11.6. The number of likely N-dealkylation sites (tertiary alicyclic amines) is 1. The Morgan fingerprint density at radius 2 is 0.952 bits per heavy atom. The van der Waals surface area contributed by atoms with E-state index in [1.54, 1.807) is 57.6 Å². The number of nitriles is 1. The molecule has 15 nitrogen and oxygen atoms in total. The number of methoxy groups -OCH3 is 4. The molecule has 2 aliphatic rings. The van der Waals surface area contributed by atoms with Gasteiger partial charge >= 0.3 is 0 Å².